The Bertz CT molecular complexity index is 1130. The van der Waals surface area contributed by atoms with Crippen molar-refractivity contribution < 1.29 is 28.2 Å². The molecule has 1 aromatic carbocycles. The molecule has 0 spiro atoms. The number of hydrogen-bond donors (Lipinski definition) is 2. The molecule has 2 saturated heterocycles. The molecule has 2 atom stereocenters. The molecule has 2 fully saturated rings. The summed E-state index contributed by atoms with van der Waals surface area (Å²) < 4.78 is 30.9. The number of nitrogens with zero attached hydrogens (tertiary/aromatic N) is 4. The lowest BCUT2D eigenvalue weighted by Crippen LogP contribution is -2.44. The normalized spacial score (nSPS) is 18.6. The molecule has 2 aliphatic heterocycles. The maximum absolute atomic E-state index is 15.2. The van der Waals surface area contributed by atoms with Gasteiger partial charge in [-0.05, 0) is 43.4 Å². The van der Waals surface area contributed by atoms with E-state index in [1.165, 1.54) is 23.1 Å². The van der Waals surface area contributed by atoms with E-state index in [0.29, 0.717) is 31.0 Å². The summed E-state index contributed by atoms with van der Waals surface area (Å²) in [5, 5.41) is 4.44. The number of anilines is 2. The highest BCUT2D eigenvalue weighted by molar-refractivity contribution is 7.80. The van der Waals surface area contributed by atoms with Gasteiger partial charge >= 0.3 is 12.2 Å². The number of carbonyl (C=O) groups is 2. The van der Waals surface area contributed by atoms with Crippen LogP contribution < -0.4 is 20.5 Å². The largest absolute Gasteiger partial charge is 0.474 e. The number of nitrogens with one attached hydrogen (secondary N) is 2. The summed E-state index contributed by atoms with van der Waals surface area (Å²) in [6.45, 7) is 3.87. The van der Waals surface area contributed by atoms with Crippen LogP contribution in [-0.2, 0) is 14.2 Å². The van der Waals surface area contributed by atoms with Gasteiger partial charge in [0.25, 0.3) is 5.17 Å². The van der Waals surface area contributed by atoms with E-state index in [1.807, 2.05) is 11.0 Å². The highest BCUT2D eigenvalue weighted by Crippen LogP contribution is 2.28. The number of hydrazine groups is 1. The Morgan fingerprint density at radius 3 is 2.92 bits per heavy atom. The number of hydrogen-bond acceptors (Lipinski definition) is 9. The van der Waals surface area contributed by atoms with E-state index in [-0.39, 0.29) is 24.8 Å². The van der Waals surface area contributed by atoms with Gasteiger partial charge in [0.2, 0.25) is 0 Å². The molecule has 2 aromatic rings. The number of pyridine rings is 1. The van der Waals surface area contributed by atoms with Gasteiger partial charge in [0.05, 0.1) is 38.1 Å². The second-order valence-electron chi connectivity index (χ2n) is 8.48. The van der Waals surface area contributed by atoms with Gasteiger partial charge in [0, 0.05) is 37.6 Å². The number of benzene rings is 1. The molecule has 1 aromatic heterocycles. The Balaban J connectivity index is 1.34. The van der Waals surface area contributed by atoms with E-state index in [4.69, 9.17) is 26.4 Å². The SMILES string of the molecule is COC(=S)NC[C@H]1CN(c2ccc(N3CCNN(C(=O)OC(C)c4cccnc4)CC3)c(F)c2)C(=O)O1. The van der Waals surface area contributed by atoms with Crippen molar-refractivity contribution in [3.05, 3.63) is 54.1 Å². The summed E-state index contributed by atoms with van der Waals surface area (Å²) in [6, 6.07) is 8.23. The van der Waals surface area contributed by atoms with Crippen LogP contribution in [-0.4, -0.2) is 79.8 Å². The van der Waals surface area contributed by atoms with Crippen molar-refractivity contribution in [3.63, 3.8) is 0 Å². The predicted molar refractivity (Wildman–Crippen MR) is 138 cm³/mol. The third kappa shape index (κ3) is 6.54. The average molecular weight is 533 g/mol. The summed E-state index contributed by atoms with van der Waals surface area (Å²) >= 11 is 4.93. The van der Waals surface area contributed by atoms with Gasteiger partial charge in [-0.3, -0.25) is 9.88 Å². The maximum Gasteiger partial charge on any atom is 0.424 e. The van der Waals surface area contributed by atoms with Crippen molar-refractivity contribution in [2.45, 2.75) is 19.1 Å². The van der Waals surface area contributed by atoms with Gasteiger partial charge in [-0.25, -0.2) is 24.4 Å². The molecule has 0 saturated carbocycles. The van der Waals surface area contributed by atoms with Gasteiger partial charge in [0.15, 0.2) is 0 Å². The Morgan fingerprint density at radius 2 is 2.19 bits per heavy atom. The van der Waals surface area contributed by atoms with E-state index >= 15 is 4.39 Å². The molecule has 0 aliphatic carbocycles. The first-order valence-electron chi connectivity index (χ1n) is 11.8. The van der Waals surface area contributed by atoms with Crippen LogP contribution in [0.1, 0.15) is 18.6 Å². The third-order valence-corrected chi connectivity index (χ3v) is 6.36. The van der Waals surface area contributed by atoms with Gasteiger partial charge in [-0.15, -0.1) is 0 Å². The lowest BCUT2D eigenvalue weighted by molar-refractivity contribution is 0.0570. The fourth-order valence-corrected chi connectivity index (χ4v) is 4.14. The summed E-state index contributed by atoms with van der Waals surface area (Å²) in [7, 11) is 1.45. The van der Waals surface area contributed by atoms with Crippen LogP contribution >= 0.6 is 12.2 Å². The number of aromatic nitrogens is 1. The van der Waals surface area contributed by atoms with Crippen LogP contribution in [0, 0.1) is 5.82 Å². The molecule has 2 aliphatic rings. The lowest BCUT2D eigenvalue weighted by Gasteiger charge is -2.25. The topological polar surface area (TPSA) is 109 Å². The molecular weight excluding hydrogens is 503 g/mol. The van der Waals surface area contributed by atoms with E-state index in [0.717, 1.165) is 5.56 Å². The minimum atomic E-state index is -0.559. The van der Waals surface area contributed by atoms with Crippen LogP contribution in [0.25, 0.3) is 0 Å². The number of rotatable bonds is 6. The third-order valence-electron chi connectivity index (χ3n) is 6.05. The Labute approximate surface area is 219 Å². The van der Waals surface area contributed by atoms with E-state index in [2.05, 4.69) is 15.7 Å². The zero-order valence-corrected chi connectivity index (χ0v) is 21.4. The van der Waals surface area contributed by atoms with Crippen LogP contribution in [0.2, 0.25) is 0 Å². The van der Waals surface area contributed by atoms with Crippen molar-refractivity contribution >= 4 is 41.0 Å². The average Bonchev–Trinajstić information content (AvgIpc) is 3.11. The number of cyclic esters (lactones) is 1. The highest BCUT2D eigenvalue weighted by Gasteiger charge is 2.33. The summed E-state index contributed by atoms with van der Waals surface area (Å²) in [4.78, 5) is 32.2. The molecular formula is C24H29FN6O5S. The fourth-order valence-electron chi connectivity index (χ4n) is 4.06. The number of methoxy groups -OCH3 is 1. The van der Waals surface area contributed by atoms with Gasteiger partial charge in [-0.2, -0.15) is 0 Å². The lowest BCUT2D eigenvalue weighted by atomic mass is 10.2. The van der Waals surface area contributed by atoms with Crippen LogP contribution in [0.4, 0.5) is 25.4 Å². The van der Waals surface area contributed by atoms with Gasteiger partial charge in [0.1, 0.15) is 18.0 Å². The maximum atomic E-state index is 15.2. The van der Waals surface area contributed by atoms with Gasteiger partial charge < -0.3 is 24.4 Å². The molecule has 1 unspecified atom stereocenters. The van der Waals surface area contributed by atoms with E-state index in [9.17, 15) is 9.59 Å². The zero-order chi connectivity index (χ0) is 26.4. The number of ether oxygens (including phenoxy) is 3. The standard InChI is InChI=1S/C24H29FN6O5S/c1-16(17-4-3-7-26-13-17)35-24(33)31-11-10-29(9-8-28-31)21-6-5-18(12-20(21)25)30-15-19(36-23(30)32)14-27-22(37)34-2/h3-7,12-13,16,19,28H,8-11,14-15H2,1-2H3,(H,27,37)/t16?,19-/m0/s1. The molecule has 198 valence electrons. The quantitative estimate of drug-likeness (QED) is 0.539. The first-order valence-corrected chi connectivity index (χ1v) is 12.2. The van der Waals surface area contributed by atoms with E-state index in [1.54, 1.807) is 37.5 Å². The summed E-state index contributed by atoms with van der Waals surface area (Å²) in [5.74, 6) is -0.478. The molecule has 37 heavy (non-hydrogen) atoms. The fraction of sp³-hybridized carbons (Fsp3) is 0.417. The van der Waals surface area contributed by atoms with Gasteiger partial charge in [-0.1, -0.05) is 6.07 Å². The second kappa shape index (κ2) is 12.0. The Morgan fingerprint density at radius 1 is 1.35 bits per heavy atom. The number of halogens is 1. The molecule has 0 radical (unpaired) electrons. The van der Waals surface area contributed by atoms with Crippen molar-refractivity contribution in [2.24, 2.45) is 0 Å². The van der Waals surface area contributed by atoms with Crippen molar-refractivity contribution in [1.29, 1.82) is 0 Å². The van der Waals surface area contributed by atoms with Crippen molar-refractivity contribution in [2.75, 3.05) is 56.2 Å². The Hall–Kier alpha value is -3.71. The Kier molecular flexibility index (Phi) is 8.56. The smallest absolute Gasteiger partial charge is 0.424 e. The predicted octanol–water partition coefficient (Wildman–Crippen LogP) is 2.59. The summed E-state index contributed by atoms with van der Waals surface area (Å²) in [5.41, 5.74) is 4.59. The zero-order valence-electron chi connectivity index (χ0n) is 20.6. The molecule has 0 bridgehead atoms. The van der Waals surface area contributed by atoms with Crippen molar-refractivity contribution in [1.82, 2.24) is 20.7 Å². The molecule has 2 amide bonds. The molecule has 11 nitrogen and oxygen atoms in total. The number of carbonyl (C=O) groups excluding carboxylic acids is 2. The highest BCUT2D eigenvalue weighted by atomic mass is 32.1. The molecule has 2 N–H and O–H groups in total. The minimum absolute atomic E-state index is 0.201. The second-order valence-corrected chi connectivity index (χ2v) is 8.85. The van der Waals surface area contributed by atoms with E-state index < -0.39 is 30.2 Å². The minimum Gasteiger partial charge on any atom is -0.474 e. The molecule has 3 heterocycles. The van der Waals surface area contributed by atoms with Crippen LogP contribution in [0.15, 0.2) is 42.7 Å². The van der Waals surface area contributed by atoms with Crippen LogP contribution in [0.5, 0.6) is 0 Å². The number of amides is 2. The monoisotopic (exact) mass is 532 g/mol. The van der Waals surface area contributed by atoms with Crippen molar-refractivity contribution in [3.8, 4) is 0 Å². The summed E-state index contributed by atoms with van der Waals surface area (Å²) in [6.07, 6.45) is 1.31. The van der Waals surface area contributed by atoms with Crippen LogP contribution in [0.3, 0.4) is 0 Å². The first kappa shape index (κ1) is 26.4. The molecule has 13 heteroatoms. The molecule has 4 rings (SSSR count). The number of thiocarbonyl (C=S) groups is 1. The first-order chi connectivity index (χ1) is 17.9.